The predicted molar refractivity (Wildman–Crippen MR) is 81.6 cm³/mol. The molecular weight excluding hydrogens is 246 g/mol. The van der Waals surface area contributed by atoms with Gasteiger partial charge in [0.25, 0.3) is 0 Å². The van der Waals surface area contributed by atoms with Crippen molar-refractivity contribution in [1.82, 2.24) is 0 Å². The lowest BCUT2D eigenvalue weighted by atomic mass is 10.0. The van der Waals surface area contributed by atoms with Crippen molar-refractivity contribution in [3.8, 4) is 5.75 Å². The molecule has 1 unspecified atom stereocenters. The highest BCUT2D eigenvalue weighted by molar-refractivity contribution is 5.39. The van der Waals surface area contributed by atoms with E-state index in [0.29, 0.717) is 6.61 Å². The molecule has 0 spiro atoms. The number of ether oxygens (including phenoxy) is 1. The van der Waals surface area contributed by atoms with E-state index in [4.69, 9.17) is 11.3 Å². The van der Waals surface area contributed by atoms with Gasteiger partial charge in [0.2, 0.25) is 6.04 Å². The first kappa shape index (κ1) is 14.1. The normalized spacial score (nSPS) is 11.7. The van der Waals surface area contributed by atoms with Crippen molar-refractivity contribution in [1.29, 1.82) is 0 Å². The summed E-state index contributed by atoms with van der Waals surface area (Å²) in [7, 11) is 0. The second-order valence-electron chi connectivity index (χ2n) is 4.80. The molecule has 102 valence electrons. The third-order valence-corrected chi connectivity index (χ3v) is 3.38. The van der Waals surface area contributed by atoms with Crippen LogP contribution in [-0.4, -0.2) is 0 Å². The summed E-state index contributed by atoms with van der Waals surface area (Å²) in [4.78, 5) is 3.57. The number of hydrogen-bond donors (Lipinski definition) is 0. The molecule has 0 fully saturated rings. The van der Waals surface area contributed by atoms with Crippen LogP contribution in [0.5, 0.6) is 5.75 Å². The third kappa shape index (κ3) is 3.39. The van der Waals surface area contributed by atoms with Crippen molar-refractivity contribution in [2.45, 2.75) is 32.9 Å². The van der Waals surface area contributed by atoms with E-state index in [-0.39, 0.29) is 6.04 Å². The zero-order chi connectivity index (χ0) is 14.4. The van der Waals surface area contributed by atoms with Crippen molar-refractivity contribution in [3.05, 3.63) is 76.6 Å². The van der Waals surface area contributed by atoms with E-state index in [0.717, 1.165) is 28.9 Å². The first-order valence-electron chi connectivity index (χ1n) is 6.90. The molecule has 0 saturated heterocycles. The molecule has 0 saturated carbocycles. The number of benzene rings is 2. The molecule has 2 aromatic carbocycles. The lowest BCUT2D eigenvalue weighted by Crippen LogP contribution is -1.99. The van der Waals surface area contributed by atoms with Crippen LogP contribution in [0.25, 0.3) is 4.85 Å². The van der Waals surface area contributed by atoms with E-state index < -0.39 is 0 Å². The van der Waals surface area contributed by atoms with Crippen molar-refractivity contribution < 1.29 is 4.74 Å². The van der Waals surface area contributed by atoms with Gasteiger partial charge in [0.1, 0.15) is 12.4 Å². The maximum absolute atomic E-state index is 7.11. The van der Waals surface area contributed by atoms with Crippen molar-refractivity contribution in [2.24, 2.45) is 0 Å². The molecular formula is C18H19NO. The zero-order valence-electron chi connectivity index (χ0n) is 12.0. The molecule has 0 amide bonds. The Hall–Kier alpha value is -2.27. The first-order chi connectivity index (χ1) is 9.74. The molecule has 0 aromatic heterocycles. The van der Waals surface area contributed by atoms with Crippen molar-refractivity contribution in [2.75, 3.05) is 0 Å². The number of rotatable bonds is 5. The van der Waals surface area contributed by atoms with Gasteiger partial charge in [-0.1, -0.05) is 37.3 Å². The molecule has 0 radical (unpaired) electrons. The summed E-state index contributed by atoms with van der Waals surface area (Å²) >= 11 is 0. The minimum atomic E-state index is -0.0940. The summed E-state index contributed by atoms with van der Waals surface area (Å²) in [6.07, 6.45) is 0.905. The average molecular weight is 265 g/mol. The van der Waals surface area contributed by atoms with Crippen LogP contribution in [0.2, 0.25) is 0 Å². The monoisotopic (exact) mass is 265 g/mol. The lowest BCUT2D eigenvalue weighted by Gasteiger charge is -2.12. The van der Waals surface area contributed by atoms with Crippen LogP contribution < -0.4 is 4.74 Å². The minimum absolute atomic E-state index is 0.0940. The highest BCUT2D eigenvalue weighted by Gasteiger charge is 2.11. The summed E-state index contributed by atoms with van der Waals surface area (Å²) in [6, 6.07) is 16.1. The van der Waals surface area contributed by atoms with Gasteiger partial charge >= 0.3 is 0 Å². The number of nitrogens with zero attached hydrogens (tertiary/aromatic N) is 1. The van der Waals surface area contributed by atoms with Gasteiger partial charge in [-0.05, 0) is 35.7 Å². The zero-order valence-corrected chi connectivity index (χ0v) is 12.0. The maximum Gasteiger partial charge on any atom is 0.245 e. The van der Waals surface area contributed by atoms with Crippen LogP contribution in [0.1, 0.15) is 36.6 Å². The number of hydrogen-bond acceptors (Lipinski definition) is 1. The smallest absolute Gasteiger partial charge is 0.245 e. The molecule has 2 heteroatoms. The van der Waals surface area contributed by atoms with Gasteiger partial charge in [-0.15, -0.1) is 0 Å². The lowest BCUT2D eigenvalue weighted by molar-refractivity contribution is 0.303. The molecule has 2 nitrogen and oxygen atoms in total. The molecule has 2 rings (SSSR count). The van der Waals surface area contributed by atoms with Crippen LogP contribution in [-0.2, 0) is 13.0 Å². The fourth-order valence-electron chi connectivity index (χ4n) is 2.09. The second kappa shape index (κ2) is 6.77. The molecule has 0 aliphatic rings. The van der Waals surface area contributed by atoms with E-state index in [9.17, 15) is 0 Å². The van der Waals surface area contributed by atoms with Gasteiger partial charge < -0.3 is 9.58 Å². The standard InChI is InChI=1S/C18H19NO/c1-4-16-12-17(14(2)19-3)10-11-18(16)20-13-15-8-6-5-7-9-15/h5-12,14H,4,13H2,1-2H3. The molecule has 2 aromatic rings. The fourth-order valence-corrected chi connectivity index (χ4v) is 2.09. The van der Waals surface area contributed by atoms with Gasteiger partial charge in [-0.25, -0.2) is 6.57 Å². The summed E-state index contributed by atoms with van der Waals surface area (Å²) in [5, 5.41) is 0. The summed E-state index contributed by atoms with van der Waals surface area (Å²) in [6.45, 7) is 11.7. The Labute approximate surface area is 120 Å². The summed E-state index contributed by atoms with van der Waals surface area (Å²) in [5.41, 5.74) is 3.38. The van der Waals surface area contributed by atoms with Crippen molar-refractivity contribution >= 4 is 0 Å². The average Bonchev–Trinajstić information content (AvgIpc) is 2.53. The highest BCUT2D eigenvalue weighted by Crippen LogP contribution is 2.26. The Morgan fingerprint density at radius 3 is 2.55 bits per heavy atom. The van der Waals surface area contributed by atoms with E-state index in [1.54, 1.807) is 0 Å². The minimum Gasteiger partial charge on any atom is -0.489 e. The molecule has 0 N–H and O–H groups in total. The Morgan fingerprint density at radius 1 is 1.15 bits per heavy atom. The Balaban J connectivity index is 2.14. The molecule has 0 heterocycles. The maximum atomic E-state index is 7.11. The van der Waals surface area contributed by atoms with Crippen LogP contribution in [0, 0.1) is 6.57 Å². The highest BCUT2D eigenvalue weighted by atomic mass is 16.5. The summed E-state index contributed by atoms with van der Waals surface area (Å²) < 4.78 is 5.90. The molecule has 20 heavy (non-hydrogen) atoms. The Kier molecular flexibility index (Phi) is 4.79. The summed E-state index contributed by atoms with van der Waals surface area (Å²) in [5.74, 6) is 0.914. The molecule has 0 aliphatic heterocycles. The van der Waals surface area contributed by atoms with Gasteiger partial charge in [0.05, 0.1) is 0 Å². The van der Waals surface area contributed by atoms with Gasteiger partial charge in [0, 0.05) is 12.5 Å². The van der Waals surface area contributed by atoms with E-state index in [1.165, 1.54) is 0 Å². The predicted octanol–water partition coefficient (Wildman–Crippen LogP) is 4.81. The van der Waals surface area contributed by atoms with Gasteiger partial charge in [-0.2, -0.15) is 0 Å². The largest absolute Gasteiger partial charge is 0.489 e. The van der Waals surface area contributed by atoms with E-state index in [1.807, 2.05) is 37.3 Å². The van der Waals surface area contributed by atoms with Gasteiger partial charge in [-0.3, -0.25) is 0 Å². The topological polar surface area (TPSA) is 13.6 Å². The number of aryl methyl sites for hydroxylation is 1. The Morgan fingerprint density at radius 2 is 1.90 bits per heavy atom. The quantitative estimate of drug-likeness (QED) is 0.707. The molecule has 1 atom stereocenters. The SMILES string of the molecule is [C-]#[N+]C(C)c1ccc(OCc2ccccc2)c(CC)c1. The van der Waals surface area contributed by atoms with Gasteiger partial charge in [0.15, 0.2) is 0 Å². The Bertz CT molecular complexity index is 599. The fraction of sp³-hybridized carbons (Fsp3) is 0.278. The van der Waals surface area contributed by atoms with Crippen LogP contribution in [0.4, 0.5) is 0 Å². The third-order valence-electron chi connectivity index (χ3n) is 3.38. The molecule has 0 bridgehead atoms. The second-order valence-corrected chi connectivity index (χ2v) is 4.80. The van der Waals surface area contributed by atoms with Crippen molar-refractivity contribution in [3.63, 3.8) is 0 Å². The first-order valence-corrected chi connectivity index (χ1v) is 6.90. The van der Waals surface area contributed by atoms with Crippen LogP contribution in [0.3, 0.4) is 0 Å². The molecule has 0 aliphatic carbocycles. The van der Waals surface area contributed by atoms with E-state index in [2.05, 4.69) is 30.0 Å². The van der Waals surface area contributed by atoms with Crippen LogP contribution in [0.15, 0.2) is 48.5 Å². The van der Waals surface area contributed by atoms with E-state index >= 15 is 0 Å². The van der Waals surface area contributed by atoms with Crippen LogP contribution >= 0.6 is 0 Å².